The number of aromatic nitrogens is 4. The highest BCUT2D eigenvalue weighted by Gasteiger charge is 2.21. The summed E-state index contributed by atoms with van der Waals surface area (Å²) in [6, 6.07) is 8.50. The van der Waals surface area contributed by atoms with E-state index >= 15 is 0 Å². The van der Waals surface area contributed by atoms with Crippen molar-refractivity contribution in [1.29, 1.82) is 0 Å². The molecule has 0 unspecified atom stereocenters. The maximum Gasteiger partial charge on any atom is 0.227 e. The van der Waals surface area contributed by atoms with Crippen LogP contribution in [0.4, 0.5) is 11.8 Å². The molecule has 0 bridgehead atoms. The van der Waals surface area contributed by atoms with Gasteiger partial charge in [0.1, 0.15) is 0 Å². The first-order valence-electron chi connectivity index (χ1n) is 11.2. The number of imidazole rings is 1. The molecule has 0 aliphatic heterocycles. The Hall–Kier alpha value is -2.38. The van der Waals surface area contributed by atoms with Crippen LogP contribution in [-0.2, 0) is 13.1 Å². The van der Waals surface area contributed by atoms with Crippen LogP contribution in [0.25, 0.3) is 11.2 Å². The molecule has 2 heterocycles. The summed E-state index contributed by atoms with van der Waals surface area (Å²) < 4.78 is 2.13. The van der Waals surface area contributed by atoms with Crippen molar-refractivity contribution < 1.29 is 0 Å². The lowest BCUT2D eigenvalue weighted by Gasteiger charge is -2.26. The molecule has 0 radical (unpaired) electrons. The molecule has 0 atom stereocenters. The molecule has 4 rings (SSSR count). The van der Waals surface area contributed by atoms with Gasteiger partial charge >= 0.3 is 0 Å². The van der Waals surface area contributed by atoms with Crippen LogP contribution in [0.2, 0.25) is 5.02 Å². The molecule has 3 aromatic rings. The summed E-state index contributed by atoms with van der Waals surface area (Å²) >= 11 is 6.14. The van der Waals surface area contributed by atoms with Crippen LogP contribution < -0.4 is 16.4 Å². The molecule has 1 aromatic carbocycles. The largest absolute Gasteiger partial charge is 0.364 e. The second kappa shape index (κ2) is 9.83. The normalized spacial score (nSPS) is 19.1. The zero-order valence-electron chi connectivity index (χ0n) is 18.3. The van der Waals surface area contributed by atoms with Crippen LogP contribution in [-0.4, -0.2) is 31.6 Å². The van der Waals surface area contributed by atoms with E-state index in [1.807, 2.05) is 30.6 Å². The Labute approximate surface area is 188 Å². The first-order valence-corrected chi connectivity index (χ1v) is 11.6. The molecule has 0 amide bonds. The van der Waals surface area contributed by atoms with Crippen LogP contribution >= 0.6 is 11.6 Å². The van der Waals surface area contributed by atoms with Crippen molar-refractivity contribution in [3.63, 3.8) is 0 Å². The Morgan fingerprint density at radius 1 is 1.19 bits per heavy atom. The predicted octanol–water partition coefficient (Wildman–Crippen LogP) is 4.82. The Morgan fingerprint density at radius 3 is 2.74 bits per heavy atom. The number of nitrogens with zero attached hydrogens (tertiary/aromatic N) is 4. The molecular weight excluding hydrogens is 410 g/mol. The highest BCUT2D eigenvalue weighted by Crippen LogP contribution is 2.25. The van der Waals surface area contributed by atoms with Crippen LogP contribution in [0, 0.1) is 5.92 Å². The fraction of sp³-hybridized carbons (Fsp3) is 0.522. The van der Waals surface area contributed by atoms with Gasteiger partial charge in [-0.25, -0.2) is 4.98 Å². The quantitative estimate of drug-likeness (QED) is 0.464. The number of rotatable bonds is 8. The minimum atomic E-state index is 0.314. The summed E-state index contributed by atoms with van der Waals surface area (Å²) in [7, 11) is 0. The number of hydrogen-bond acceptors (Lipinski definition) is 6. The number of aryl methyl sites for hydroxylation is 1. The number of nitrogens with one attached hydrogen (secondary N) is 2. The van der Waals surface area contributed by atoms with Crippen molar-refractivity contribution in [2.75, 3.05) is 10.6 Å². The van der Waals surface area contributed by atoms with Crippen molar-refractivity contribution in [2.45, 2.75) is 71.1 Å². The Morgan fingerprint density at radius 2 is 2.00 bits per heavy atom. The number of hydrogen-bond donors (Lipinski definition) is 3. The van der Waals surface area contributed by atoms with Crippen molar-refractivity contribution in [3.8, 4) is 0 Å². The molecule has 8 heteroatoms. The van der Waals surface area contributed by atoms with Crippen molar-refractivity contribution in [3.05, 3.63) is 41.2 Å². The Bertz CT molecular complexity index is 1010. The van der Waals surface area contributed by atoms with Gasteiger partial charge < -0.3 is 20.9 Å². The third-order valence-corrected chi connectivity index (χ3v) is 6.10. The number of benzene rings is 1. The molecule has 0 spiro atoms. The maximum atomic E-state index is 6.14. The molecule has 4 N–H and O–H groups in total. The number of fused-ring (bicyclic) bond motifs is 1. The average Bonchev–Trinajstić information content (AvgIpc) is 3.15. The van der Waals surface area contributed by atoms with E-state index in [9.17, 15) is 0 Å². The number of nitrogens with two attached hydrogens (primary N) is 1. The Kier molecular flexibility index (Phi) is 6.92. The summed E-state index contributed by atoms with van der Waals surface area (Å²) in [4.78, 5) is 14.3. The zero-order valence-corrected chi connectivity index (χ0v) is 19.1. The van der Waals surface area contributed by atoms with Gasteiger partial charge in [-0.15, -0.1) is 0 Å². The second-order valence-electron chi connectivity index (χ2n) is 8.93. The third-order valence-electron chi connectivity index (χ3n) is 5.87. The van der Waals surface area contributed by atoms with E-state index in [2.05, 4.69) is 34.0 Å². The van der Waals surface area contributed by atoms with Gasteiger partial charge in [-0.1, -0.05) is 37.6 Å². The first kappa shape index (κ1) is 21.8. The number of halogens is 1. The van der Waals surface area contributed by atoms with Gasteiger partial charge in [0.15, 0.2) is 17.0 Å². The zero-order chi connectivity index (χ0) is 21.8. The summed E-state index contributed by atoms with van der Waals surface area (Å²) in [6.07, 6.45) is 7.10. The monoisotopic (exact) mass is 441 g/mol. The Balaban J connectivity index is 1.60. The molecule has 166 valence electrons. The predicted molar refractivity (Wildman–Crippen MR) is 127 cm³/mol. The molecule has 2 aromatic heterocycles. The van der Waals surface area contributed by atoms with E-state index < -0.39 is 0 Å². The van der Waals surface area contributed by atoms with Crippen LogP contribution in [0.3, 0.4) is 0 Å². The highest BCUT2D eigenvalue weighted by molar-refractivity contribution is 6.30. The van der Waals surface area contributed by atoms with Gasteiger partial charge in [0.05, 0.1) is 6.33 Å². The third kappa shape index (κ3) is 5.66. The SMILES string of the molecule is CC(C)CCn1cnc2c(NCc3cccc(Cl)c3)nc(NC3CCC(N)CC3)nc21. The summed E-state index contributed by atoms with van der Waals surface area (Å²) in [6.45, 7) is 5.96. The molecule has 1 aliphatic carbocycles. The van der Waals surface area contributed by atoms with Gasteiger partial charge in [-0.05, 0) is 55.7 Å². The van der Waals surface area contributed by atoms with Crippen LogP contribution in [0.5, 0.6) is 0 Å². The van der Waals surface area contributed by atoms with Gasteiger partial charge in [0, 0.05) is 30.2 Å². The topological polar surface area (TPSA) is 93.7 Å². The van der Waals surface area contributed by atoms with Crippen molar-refractivity contribution >= 4 is 34.5 Å². The fourth-order valence-electron chi connectivity index (χ4n) is 3.97. The van der Waals surface area contributed by atoms with Gasteiger partial charge in [-0.2, -0.15) is 9.97 Å². The summed E-state index contributed by atoms with van der Waals surface area (Å²) in [5.74, 6) is 2.00. The lowest BCUT2D eigenvalue weighted by Crippen LogP contribution is -2.33. The molecule has 1 saturated carbocycles. The van der Waals surface area contributed by atoms with E-state index in [4.69, 9.17) is 27.3 Å². The van der Waals surface area contributed by atoms with Crippen LogP contribution in [0.15, 0.2) is 30.6 Å². The molecule has 0 saturated heterocycles. The van der Waals surface area contributed by atoms with E-state index in [1.165, 1.54) is 0 Å². The van der Waals surface area contributed by atoms with E-state index in [0.717, 1.165) is 66.2 Å². The van der Waals surface area contributed by atoms with E-state index in [0.29, 0.717) is 30.5 Å². The smallest absolute Gasteiger partial charge is 0.227 e. The highest BCUT2D eigenvalue weighted by atomic mass is 35.5. The maximum absolute atomic E-state index is 6.14. The lowest BCUT2D eigenvalue weighted by molar-refractivity contribution is 0.410. The number of anilines is 2. The van der Waals surface area contributed by atoms with Gasteiger partial charge in [0.25, 0.3) is 0 Å². The molecule has 1 aliphatic rings. The standard InChI is InChI=1S/C23H32ClN7/c1-15(2)10-11-31-14-27-20-21(26-13-16-4-3-5-17(24)12-16)29-23(30-22(20)31)28-19-8-6-18(25)7-9-19/h3-5,12,14-15,18-19H,6-11,13,25H2,1-2H3,(H2,26,28,29,30). The van der Waals surface area contributed by atoms with Gasteiger partial charge in [0.2, 0.25) is 5.95 Å². The van der Waals surface area contributed by atoms with Crippen molar-refractivity contribution in [1.82, 2.24) is 19.5 Å². The molecule has 1 fully saturated rings. The van der Waals surface area contributed by atoms with Crippen LogP contribution in [0.1, 0.15) is 51.5 Å². The minimum Gasteiger partial charge on any atom is -0.364 e. The summed E-state index contributed by atoms with van der Waals surface area (Å²) in [5.41, 5.74) is 8.81. The summed E-state index contributed by atoms with van der Waals surface area (Å²) in [5, 5.41) is 7.72. The van der Waals surface area contributed by atoms with Gasteiger partial charge in [-0.3, -0.25) is 0 Å². The molecule has 7 nitrogen and oxygen atoms in total. The second-order valence-corrected chi connectivity index (χ2v) is 9.36. The minimum absolute atomic E-state index is 0.314. The lowest BCUT2D eigenvalue weighted by atomic mass is 9.92. The average molecular weight is 442 g/mol. The first-order chi connectivity index (χ1) is 15.0. The molecular formula is C23H32ClN7. The van der Waals surface area contributed by atoms with E-state index in [-0.39, 0.29) is 0 Å². The van der Waals surface area contributed by atoms with E-state index in [1.54, 1.807) is 0 Å². The van der Waals surface area contributed by atoms with Crippen molar-refractivity contribution in [2.24, 2.45) is 11.7 Å². The fourth-order valence-corrected chi connectivity index (χ4v) is 4.18. The molecule has 31 heavy (non-hydrogen) atoms.